The molecule has 0 unspecified atom stereocenters. The first-order valence-corrected chi connectivity index (χ1v) is 8.86. The van der Waals surface area contributed by atoms with Crippen molar-refractivity contribution in [3.05, 3.63) is 35.9 Å². The molecule has 0 aliphatic carbocycles. The SMILES string of the molecule is CN(CCN1CCCC1=O)S(=O)(=O)CCc1ccccc1. The van der Waals surface area contributed by atoms with Crippen LogP contribution in [0, 0.1) is 0 Å². The number of likely N-dealkylation sites (N-methyl/N-ethyl adjacent to an activating group) is 1. The van der Waals surface area contributed by atoms with Gasteiger partial charge in [-0.15, -0.1) is 0 Å². The van der Waals surface area contributed by atoms with Crippen LogP contribution in [0.5, 0.6) is 0 Å². The summed E-state index contributed by atoms with van der Waals surface area (Å²) in [6.07, 6.45) is 1.98. The normalized spacial score (nSPS) is 15.9. The molecule has 1 aromatic carbocycles. The van der Waals surface area contributed by atoms with Crippen LogP contribution in [-0.4, -0.2) is 56.0 Å². The van der Waals surface area contributed by atoms with Gasteiger partial charge in [-0.3, -0.25) is 4.79 Å². The molecule has 5 nitrogen and oxygen atoms in total. The van der Waals surface area contributed by atoms with Crippen molar-refractivity contribution in [2.75, 3.05) is 32.4 Å². The van der Waals surface area contributed by atoms with Crippen molar-refractivity contribution in [3.63, 3.8) is 0 Å². The van der Waals surface area contributed by atoms with Crippen molar-refractivity contribution in [2.45, 2.75) is 19.3 Å². The highest BCUT2D eigenvalue weighted by Gasteiger charge is 2.23. The number of aryl methyl sites for hydroxylation is 1. The Kier molecular flexibility index (Phi) is 5.36. The second-order valence-corrected chi connectivity index (χ2v) is 7.55. The minimum atomic E-state index is -3.27. The van der Waals surface area contributed by atoms with Gasteiger partial charge in [-0.2, -0.15) is 0 Å². The first-order valence-electron chi connectivity index (χ1n) is 7.25. The Morgan fingerprint density at radius 1 is 1.24 bits per heavy atom. The van der Waals surface area contributed by atoms with E-state index in [-0.39, 0.29) is 11.7 Å². The molecule has 6 heteroatoms. The van der Waals surface area contributed by atoms with Crippen LogP contribution in [0.4, 0.5) is 0 Å². The molecule has 0 aromatic heterocycles. The summed E-state index contributed by atoms with van der Waals surface area (Å²) in [7, 11) is -1.69. The molecular weight excluding hydrogens is 288 g/mol. The van der Waals surface area contributed by atoms with Crippen LogP contribution in [0.15, 0.2) is 30.3 Å². The first-order chi connectivity index (χ1) is 9.99. The number of hydrogen-bond acceptors (Lipinski definition) is 3. The summed E-state index contributed by atoms with van der Waals surface area (Å²) >= 11 is 0. The van der Waals surface area contributed by atoms with E-state index in [1.807, 2.05) is 30.3 Å². The van der Waals surface area contributed by atoms with Crippen molar-refractivity contribution in [1.29, 1.82) is 0 Å². The third-order valence-electron chi connectivity index (χ3n) is 3.82. The average molecular weight is 310 g/mol. The van der Waals surface area contributed by atoms with Crippen LogP contribution >= 0.6 is 0 Å². The van der Waals surface area contributed by atoms with E-state index in [0.29, 0.717) is 25.9 Å². The Morgan fingerprint density at radius 3 is 2.57 bits per heavy atom. The summed E-state index contributed by atoms with van der Waals surface area (Å²) in [5, 5.41) is 0. The molecule has 1 saturated heterocycles. The fourth-order valence-electron chi connectivity index (χ4n) is 2.39. The van der Waals surface area contributed by atoms with E-state index in [0.717, 1.165) is 18.5 Å². The summed E-state index contributed by atoms with van der Waals surface area (Å²) in [5.74, 6) is 0.228. The molecule has 1 aliphatic rings. The monoisotopic (exact) mass is 310 g/mol. The molecule has 0 saturated carbocycles. The fourth-order valence-corrected chi connectivity index (χ4v) is 3.55. The van der Waals surface area contributed by atoms with E-state index >= 15 is 0 Å². The van der Waals surface area contributed by atoms with Crippen LogP contribution in [-0.2, 0) is 21.2 Å². The Labute approximate surface area is 126 Å². The van der Waals surface area contributed by atoms with Crippen LogP contribution in [0.25, 0.3) is 0 Å². The number of hydrogen-bond donors (Lipinski definition) is 0. The standard InChI is InChI=1S/C15H22N2O3S/c1-16(11-12-17-10-5-8-15(17)18)21(19,20)13-9-14-6-3-2-4-7-14/h2-4,6-7H,5,8-13H2,1H3. The van der Waals surface area contributed by atoms with Crippen molar-refractivity contribution < 1.29 is 13.2 Å². The van der Waals surface area contributed by atoms with E-state index in [1.54, 1.807) is 11.9 Å². The zero-order valence-electron chi connectivity index (χ0n) is 12.4. The highest BCUT2D eigenvalue weighted by Crippen LogP contribution is 2.10. The minimum Gasteiger partial charge on any atom is -0.341 e. The van der Waals surface area contributed by atoms with Gasteiger partial charge in [0.2, 0.25) is 15.9 Å². The van der Waals surface area contributed by atoms with Crippen LogP contribution in [0.2, 0.25) is 0 Å². The van der Waals surface area contributed by atoms with Gasteiger partial charge in [0, 0.05) is 33.1 Å². The Balaban J connectivity index is 1.82. The highest BCUT2D eigenvalue weighted by atomic mass is 32.2. The van der Waals surface area contributed by atoms with Crippen molar-refractivity contribution in [1.82, 2.24) is 9.21 Å². The van der Waals surface area contributed by atoms with E-state index in [1.165, 1.54) is 4.31 Å². The van der Waals surface area contributed by atoms with Gasteiger partial charge in [-0.1, -0.05) is 30.3 Å². The Bertz CT molecular complexity index is 572. The maximum atomic E-state index is 12.2. The lowest BCUT2D eigenvalue weighted by molar-refractivity contribution is -0.127. The molecule has 1 fully saturated rings. The maximum Gasteiger partial charge on any atom is 0.222 e. The number of amides is 1. The number of nitrogens with zero attached hydrogens (tertiary/aromatic N) is 2. The summed E-state index contributed by atoms with van der Waals surface area (Å²) in [6, 6.07) is 9.59. The highest BCUT2D eigenvalue weighted by molar-refractivity contribution is 7.89. The lowest BCUT2D eigenvalue weighted by Crippen LogP contribution is -2.38. The zero-order chi connectivity index (χ0) is 15.3. The molecule has 2 rings (SSSR count). The third kappa shape index (κ3) is 4.54. The largest absolute Gasteiger partial charge is 0.341 e. The molecule has 21 heavy (non-hydrogen) atoms. The van der Waals surface area contributed by atoms with Crippen LogP contribution in [0.3, 0.4) is 0 Å². The molecule has 0 radical (unpaired) electrons. The van der Waals surface area contributed by atoms with Crippen LogP contribution < -0.4 is 0 Å². The summed E-state index contributed by atoms with van der Waals surface area (Å²) < 4.78 is 25.8. The molecule has 0 spiro atoms. The molecule has 0 N–H and O–H groups in total. The number of rotatable bonds is 7. The smallest absolute Gasteiger partial charge is 0.222 e. The second kappa shape index (κ2) is 7.04. The molecule has 0 bridgehead atoms. The number of benzene rings is 1. The van der Waals surface area contributed by atoms with E-state index in [9.17, 15) is 13.2 Å². The molecule has 1 aromatic rings. The molecular formula is C15H22N2O3S. The van der Waals surface area contributed by atoms with Crippen molar-refractivity contribution in [2.24, 2.45) is 0 Å². The van der Waals surface area contributed by atoms with E-state index in [2.05, 4.69) is 0 Å². The lowest BCUT2D eigenvalue weighted by Gasteiger charge is -2.21. The first kappa shape index (κ1) is 16.0. The number of sulfonamides is 1. The van der Waals surface area contributed by atoms with Gasteiger partial charge < -0.3 is 4.90 Å². The van der Waals surface area contributed by atoms with Gasteiger partial charge in [0.05, 0.1) is 5.75 Å². The van der Waals surface area contributed by atoms with E-state index in [4.69, 9.17) is 0 Å². The molecule has 1 heterocycles. The summed E-state index contributed by atoms with van der Waals surface area (Å²) in [4.78, 5) is 13.2. The summed E-state index contributed by atoms with van der Waals surface area (Å²) in [6.45, 7) is 1.60. The molecule has 1 amide bonds. The molecule has 116 valence electrons. The van der Waals surface area contributed by atoms with Gasteiger partial charge in [-0.25, -0.2) is 12.7 Å². The Morgan fingerprint density at radius 2 is 1.95 bits per heavy atom. The second-order valence-electron chi connectivity index (χ2n) is 5.36. The van der Waals surface area contributed by atoms with Gasteiger partial charge in [0.1, 0.15) is 0 Å². The lowest BCUT2D eigenvalue weighted by atomic mass is 10.2. The quantitative estimate of drug-likeness (QED) is 0.758. The maximum absolute atomic E-state index is 12.2. The third-order valence-corrected chi connectivity index (χ3v) is 5.67. The number of carbonyl (C=O) groups excluding carboxylic acids is 1. The van der Waals surface area contributed by atoms with E-state index < -0.39 is 10.0 Å². The van der Waals surface area contributed by atoms with Crippen molar-refractivity contribution in [3.8, 4) is 0 Å². The van der Waals surface area contributed by atoms with Gasteiger partial charge in [0.25, 0.3) is 0 Å². The van der Waals surface area contributed by atoms with Gasteiger partial charge in [0.15, 0.2) is 0 Å². The predicted molar refractivity (Wildman–Crippen MR) is 82.4 cm³/mol. The van der Waals surface area contributed by atoms with Gasteiger partial charge >= 0.3 is 0 Å². The molecule has 1 aliphatic heterocycles. The van der Waals surface area contributed by atoms with Crippen LogP contribution in [0.1, 0.15) is 18.4 Å². The van der Waals surface area contributed by atoms with Crippen molar-refractivity contribution >= 4 is 15.9 Å². The topological polar surface area (TPSA) is 57.7 Å². The fraction of sp³-hybridized carbons (Fsp3) is 0.533. The summed E-state index contributed by atoms with van der Waals surface area (Å²) in [5.41, 5.74) is 1.02. The molecule has 0 atom stereocenters. The van der Waals surface area contributed by atoms with Gasteiger partial charge in [-0.05, 0) is 18.4 Å². The average Bonchev–Trinajstić information content (AvgIpc) is 2.89. The zero-order valence-corrected chi connectivity index (χ0v) is 13.2. The number of carbonyl (C=O) groups is 1. The predicted octanol–water partition coefficient (Wildman–Crippen LogP) is 1.11. The minimum absolute atomic E-state index is 0.0987. The Hall–Kier alpha value is -1.40. The number of likely N-dealkylation sites (tertiary alicyclic amines) is 1.